The Morgan fingerprint density at radius 3 is 2.84 bits per heavy atom. The Morgan fingerprint density at radius 1 is 1.42 bits per heavy atom. The van der Waals surface area contributed by atoms with Crippen molar-refractivity contribution < 1.29 is 13.9 Å². The van der Waals surface area contributed by atoms with Gasteiger partial charge in [-0.3, -0.25) is 4.79 Å². The average molecular weight is 265 g/mol. The van der Waals surface area contributed by atoms with Gasteiger partial charge in [-0.1, -0.05) is 12.1 Å². The molecule has 1 N–H and O–H groups in total. The normalized spacial score (nSPS) is 16.5. The number of benzene rings is 1. The van der Waals surface area contributed by atoms with Gasteiger partial charge >= 0.3 is 0 Å². The summed E-state index contributed by atoms with van der Waals surface area (Å²) in [6, 6.07) is 4.61. The molecule has 1 saturated heterocycles. The summed E-state index contributed by atoms with van der Waals surface area (Å²) in [6.07, 6.45) is 2.55. The molecule has 1 fully saturated rings. The van der Waals surface area contributed by atoms with Gasteiger partial charge in [-0.2, -0.15) is 0 Å². The number of rotatable bonds is 5. The predicted molar refractivity (Wildman–Crippen MR) is 71.9 cm³/mol. The molecular weight excluding hydrogens is 245 g/mol. The molecular formula is C15H20FNO2. The van der Waals surface area contributed by atoms with E-state index >= 15 is 0 Å². The van der Waals surface area contributed by atoms with Gasteiger partial charge in [0.15, 0.2) is 5.78 Å². The second kappa shape index (κ2) is 6.78. The van der Waals surface area contributed by atoms with E-state index in [1.54, 1.807) is 19.1 Å². The predicted octanol–water partition coefficient (Wildman–Crippen LogP) is 2.48. The van der Waals surface area contributed by atoms with E-state index in [-0.39, 0.29) is 17.7 Å². The number of carbonyl (C=O) groups is 1. The van der Waals surface area contributed by atoms with Crippen molar-refractivity contribution in [1.82, 2.24) is 5.32 Å². The van der Waals surface area contributed by atoms with Crippen LogP contribution in [-0.4, -0.2) is 31.6 Å². The van der Waals surface area contributed by atoms with Crippen molar-refractivity contribution in [3.63, 3.8) is 0 Å². The molecule has 1 aliphatic rings. The fourth-order valence-corrected chi connectivity index (χ4v) is 2.19. The van der Waals surface area contributed by atoms with Crippen LogP contribution in [0.1, 0.15) is 35.2 Å². The van der Waals surface area contributed by atoms with Gasteiger partial charge in [-0.05, 0) is 44.5 Å². The first-order valence-corrected chi connectivity index (χ1v) is 6.78. The van der Waals surface area contributed by atoms with E-state index in [1.807, 2.05) is 0 Å². The third kappa shape index (κ3) is 4.11. The Balaban J connectivity index is 1.78. The smallest absolute Gasteiger partial charge is 0.165 e. The number of carbonyl (C=O) groups excluding carboxylic acids is 1. The first-order chi connectivity index (χ1) is 9.16. The van der Waals surface area contributed by atoms with E-state index < -0.39 is 0 Å². The number of Topliss-reactive ketones (excluding diaryl/α,β-unsaturated/α-hetero) is 1. The molecule has 0 saturated carbocycles. The van der Waals surface area contributed by atoms with Gasteiger partial charge in [0.25, 0.3) is 0 Å². The highest BCUT2D eigenvalue weighted by atomic mass is 19.1. The zero-order valence-corrected chi connectivity index (χ0v) is 11.2. The molecule has 0 atom stereocenters. The number of hydrogen-bond acceptors (Lipinski definition) is 3. The molecule has 0 spiro atoms. The average Bonchev–Trinajstić information content (AvgIpc) is 2.43. The fourth-order valence-electron chi connectivity index (χ4n) is 2.19. The Morgan fingerprint density at radius 2 is 2.16 bits per heavy atom. The molecule has 0 aromatic heterocycles. The summed E-state index contributed by atoms with van der Waals surface area (Å²) in [5.41, 5.74) is 0.986. The van der Waals surface area contributed by atoms with E-state index in [0.29, 0.717) is 24.2 Å². The number of hydrogen-bond donors (Lipinski definition) is 1. The molecule has 2 rings (SSSR count). The highest BCUT2D eigenvalue weighted by Crippen LogP contribution is 2.12. The lowest BCUT2D eigenvalue weighted by Crippen LogP contribution is -2.32. The van der Waals surface area contributed by atoms with Crippen LogP contribution in [0, 0.1) is 12.7 Å². The lowest BCUT2D eigenvalue weighted by molar-refractivity contribution is 0.0313. The van der Waals surface area contributed by atoms with Crippen LogP contribution in [0.3, 0.4) is 0 Å². The molecule has 1 aliphatic heterocycles. The lowest BCUT2D eigenvalue weighted by Gasteiger charge is -2.22. The summed E-state index contributed by atoms with van der Waals surface area (Å²) in [7, 11) is 0. The Kier molecular flexibility index (Phi) is 5.05. The molecule has 4 heteroatoms. The summed E-state index contributed by atoms with van der Waals surface area (Å²) >= 11 is 0. The van der Waals surface area contributed by atoms with Crippen LogP contribution in [0.4, 0.5) is 4.39 Å². The third-order valence-corrected chi connectivity index (χ3v) is 3.46. The van der Waals surface area contributed by atoms with Crippen molar-refractivity contribution in [2.24, 2.45) is 0 Å². The van der Waals surface area contributed by atoms with Crippen molar-refractivity contribution >= 4 is 5.78 Å². The van der Waals surface area contributed by atoms with E-state index in [9.17, 15) is 9.18 Å². The maximum atomic E-state index is 13.4. The number of halogens is 1. The molecule has 0 amide bonds. The monoisotopic (exact) mass is 265 g/mol. The van der Waals surface area contributed by atoms with Gasteiger partial charge in [0.1, 0.15) is 5.82 Å². The minimum atomic E-state index is -0.329. The SMILES string of the molecule is Cc1ccc(C(=O)CCOC2CCNCC2)cc1F. The second-order valence-electron chi connectivity index (χ2n) is 4.96. The topological polar surface area (TPSA) is 38.3 Å². The van der Waals surface area contributed by atoms with Crippen LogP contribution >= 0.6 is 0 Å². The van der Waals surface area contributed by atoms with Crippen LogP contribution in [-0.2, 0) is 4.74 Å². The molecule has 1 aromatic rings. The quantitative estimate of drug-likeness (QED) is 0.831. The van der Waals surface area contributed by atoms with Crippen LogP contribution in [0.2, 0.25) is 0 Å². The van der Waals surface area contributed by atoms with E-state index in [1.165, 1.54) is 6.07 Å². The number of ketones is 1. The first-order valence-electron chi connectivity index (χ1n) is 6.78. The van der Waals surface area contributed by atoms with Crippen molar-refractivity contribution in [1.29, 1.82) is 0 Å². The Bertz CT molecular complexity index is 442. The zero-order chi connectivity index (χ0) is 13.7. The molecule has 104 valence electrons. The highest BCUT2D eigenvalue weighted by Gasteiger charge is 2.14. The van der Waals surface area contributed by atoms with Crippen LogP contribution in [0.5, 0.6) is 0 Å². The first kappa shape index (κ1) is 14.2. The van der Waals surface area contributed by atoms with Crippen molar-refractivity contribution in [3.8, 4) is 0 Å². The fraction of sp³-hybridized carbons (Fsp3) is 0.533. The molecule has 19 heavy (non-hydrogen) atoms. The Hall–Kier alpha value is -1.26. The minimum Gasteiger partial charge on any atom is -0.378 e. The molecule has 1 heterocycles. The number of piperidine rings is 1. The van der Waals surface area contributed by atoms with Gasteiger partial charge in [0.05, 0.1) is 12.7 Å². The number of aryl methyl sites for hydroxylation is 1. The molecule has 0 radical (unpaired) electrons. The summed E-state index contributed by atoms with van der Waals surface area (Å²) in [5.74, 6) is -0.391. The summed E-state index contributed by atoms with van der Waals surface area (Å²) in [5, 5.41) is 3.26. The van der Waals surface area contributed by atoms with Crippen molar-refractivity contribution in [2.75, 3.05) is 19.7 Å². The van der Waals surface area contributed by atoms with Gasteiger partial charge < -0.3 is 10.1 Å². The highest BCUT2D eigenvalue weighted by molar-refractivity contribution is 5.96. The largest absolute Gasteiger partial charge is 0.378 e. The minimum absolute atomic E-state index is 0.0622. The molecule has 0 unspecified atom stereocenters. The third-order valence-electron chi connectivity index (χ3n) is 3.46. The van der Waals surface area contributed by atoms with Crippen LogP contribution in [0.15, 0.2) is 18.2 Å². The molecule has 0 bridgehead atoms. The van der Waals surface area contributed by atoms with Gasteiger partial charge in [-0.25, -0.2) is 4.39 Å². The second-order valence-corrected chi connectivity index (χ2v) is 4.96. The maximum Gasteiger partial charge on any atom is 0.165 e. The van der Waals surface area contributed by atoms with E-state index in [4.69, 9.17) is 4.74 Å². The van der Waals surface area contributed by atoms with Gasteiger partial charge in [0, 0.05) is 12.0 Å². The standard InChI is InChI=1S/C15H20FNO2/c1-11-2-3-12(10-14(11)16)15(18)6-9-19-13-4-7-17-8-5-13/h2-3,10,13,17H,4-9H2,1H3. The Labute approximate surface area is 113 Å². The summed E-state index contributed by atoms with van der Waals surface area (Å²) < 4.78 is 19.0. The van der Waals surface area contributed by atoms with Crippen molar-refractivity contribution in [3.05, 3.63) is 35.1 Å². The number of nitrogens with one attached hydrogen (secondary N) is 1. The lowest BCUT2D eigenvalue weighted by atomic mass is 10.1. The van der Waals surface area contributed by atoms with Gasteiger partial charge in [0.2, 0.25) is 0 Å². The molecule has 1 aromatic carbocycles. The number of ether oxygens (including phenoxy) is 1. The van der Waals surface area contributed by atoms with Crippen LogP contribution in [0.25, 0.3) is 0 Å². The maximum absolute atomic E-state index is 13.4. The van der Waals surface area contributed by atoms with Crippen LogP contribution < -0.4 is 5.32 Å². The summed E-state index contributed by atoms with van der Waals surface area (Å²) in [6.45, 7) is 4.05. The van der Waals surface area contributed by atoms with Gasteiger partial charge in [-0.15, -0.1) is 0 Å². The van der Waals surface area contributed by atoms with Crippen molar-refractivity contribution in [2.45, 2.75) is 32.3 Å². The summed E-state index contributed by atoms with van der Waals surface area (Å²) in [4.78, 5) is 11.9. The van der Waals surface area contributed by atoms with E-state index in [0.717, 1.165) is 25.9 Å². The molecule has 0 aliphatic carbocycles. The zero-order valence-electron chi connectivity index (χ0n) is 11.2. The molecule has 3 nitrogen and oxygen atoms in total. The van der Waals surface area contributed by atoms with E-state index in [2.05, 4.69) is 5.32 Å².